The van der Waals surface area contributed by atoms with Crippen molar-refractivity contribution in [3.05, 3.63) is 23.8 Å². The van der Waals surface area contributed by atoms with Crippen LogP contribution in [-0.2, 0) is 16.1 Å². The summed E-state index contributed by atoms with van der Waals surface area (Å²) in [4.78, 5) is 0. The molecule has 1 aromatic carbocycles. The second-order valence-electron chi connectivity index (χ2n) is 6.27. The molecule has 0 atom stereocenters. The fourth-order valence-corrected chi connectivity index (χ4v) is 2.83. The summed E-state index contributed by atoms with van der Waals surface area (Å²) in [7, 11) is 0. The van der Waals surface area contributed by atoms with Crippen LogP contribution in [0.4, 0.5) is 0 Å². The lowest BCUT2D eigenvalue weighted by Gasteiger charge is -2.06. The van der Waals surface area contributed by atoms with Gasteiger partial charge in [0.2, 0.25) is 6.79 Å². The van der Waals surface area contributed by atoms with Crippen LogP contribution in [0, 0.1) is 0 Å². The van der Waals surface area contributed by atoms with Crippen molar-refractivity contribution >= 4 is 0 Å². The first-order valence-corrected chi connectivity index (χ1v) is 9.44. The average molecular weight is 336 g/mol. The number of ether oxygens (including phenoxy) is 4. The number of rotatable bonds is 14. The smallest absolute Gasteiger partial charge is 0.231 e. The van der Waals surface area contributed by atoms with E-state index in [1.165, 1.54) is 44.9 Å². The van der Waals surface area contributed by atoms with Crippen LogP contribution >= 0.6 is 0 Å². The number of hydrogen-bond acceptors (Lipinski definition) is 4. The molecule has 0 amide bonds. The molecule has 136 valence electrons. The fraction of sp³-hybridized carbons (Fsp3) is 0.700. The molecule has 0 saturated heterocycles. The molecule has 0 N–H and O–H groups in total. The third-order valence-electron chi connectivity index (χ3n) is 4.24. The lowest BCUT2D eigenvalue weighted by Crippen LogP contribution is -1.96. The first kappa shape index (κ1) is 19.1. The molecule has 4 nitrogen and oxygen atoms in total. The van der Waals surface area contributed by atoms with Crippen LogP contribution in [-0.4, -0.2) is 26.6 Å². The molecule has 0 saturated carbocycles. The Kier molecular flexibility index (Phi) is 9.66. The standard InChI is InChI=1S/C20H32O4/c1-2-21-13-9-7-5-3-4-6-8-10-14-22-16-18-11-12-19-20(15-18)24-17-23-19/h11-12,15H,2-10,13-14,16-17H2,1H3. The molecule has 1 aliphatic heterocycles. The van der Waals surface area contributed by atoms with Gasteiger partial charge in [-0.15, -0.1) is 0 Å². The Morgan fingerprint density at radius 1 is 0.792 bits per heavy atom. The summed E-state index contributed by atoms with van der Waals surface area (Å²) in [6.07, 6.45) is 10.3. The second kappa shape index (κ2) is 12.2. The highest BCUT2D eigenvalue weighted by molar-refractivity contribution is 5.44. The number of benzene rings is 1. The zero-order valence-electron chi connectivity index (χ0n) is 15.1. The third-order valence-corrected chi connectivity index (χ3v) is 4.24. The molecule has 1 aromatic rings. The molecule has 1 heterocycles. The van der Waals surface area contributed by atoms with Crippen molar-refractivity contribution in [2.75, 3.05) is 26.6 Å². The monoisotopic (exact) mass is 336 g/mol. The minimum Gasteiger partial charge on any atom is -0.454 e. The van der Waals surface area contributed by atoms with Crippen molar-refractivity contribution in [1.82, 2.24) is 0 Å². The van der Waals surface area contributed by atoms with Crippen LogP contribution in [0.2, 0.25) is 0 Å². The molecule has 0 bridgehead atoms. The van der Waals surface area contributed by atoms with Gasteiger partial charge >= 0.3 is 0 Å². The Hall–Kier alpha value is -1.26. The van der Waals surface area contributed by atoms with Crippen molar-refractivity contribution in [2.24, 2.45) is 0 Å². The summed E-state index contributed by atoms with van der Waals surface area (Å²) in [5.41, 5.74) is 1.14. The Morgan fingerprint density at radius 2 is 1.42 bits per heavy atom. The predicted octanol–water partition coefficient (Wildman–Crippen LogP) is 5.09. The van der Waals surface area contributed by atoms with Gasteiger partial charge in [-0.05, 0) is 37.5 Å². The van der Waals surface area contributed by atoms with Crippen LogP contribution in [0.15, 0.2) is 18.2 Å². The van der Waals surface area contributed by atoms with Crippen LogP contribution in [0.3, 0.4) is 0 Å². The summed E-state index contributed by atoms with van der Waals surface area (Å²) in [6, 6.07) is 6.00. The van der Waals surface area contributed by atoms with Gasteiger partial charge in [0.1, 0.15) is 0 Å². The molecule has 0 radical (unpaired) electrons. The lowest BCUT2D eigenvalue weighted by molar-refractivity contribution is 0.116. The second-order valence-corrected chi connectivity index (χ2v) is 6.27. The van der Waals surface area contributed by atoms with Gasteiger partial charge in [0, 0.05) is 19.8 Å². The molecule has 0 unspecified atom stereocenters. The Labute approximate surface area is 146 Å². The Morgan fingerprint density at radius 3 is 2.12 bits per heavy atom. The third kappa shape index (κ3) is 7.54. The van der Waals surface area contributed by atoms with E-state index in [1.54, 1.807) is 0 Å². The predicted molar refractivity (Wildman–Crippen MR) is 95.7 cm³/mol. The number of fused-ring (bicyclic) bond motifs is 1. The van der Waals surface area contributed by atoms with Crippen LogP contribution in [0.1, 0.15) is 63.9 Å². The maximum absolute atomic E-state index is 5.75. The molecular weight excluding hydrogens is 304 g/mol. The van der Waals surface area contributed by atoms with Gasteiger partial charge in [0.25, 0.3) is 0 Å². The van der Waals surface area contributed by atoms with Crippen molar-refractivity contribution in [3.8, 4) is 11.5 Å². The van der Waals surface area contributed by atoms with Crippen molar-refractivity contribution in [1.29, 1.82) is 0 Å². The van der Waals surface area contributed by atoms with Gasteiger partial charge < -0.3 is 18.9 Å². The first-order valence-electron chi connectivity index (χ1n) is 9.44. The lowest BCUT2D eigenvalue weighted by atomic mass is 10.1. The van der Waals surface area contributed by atoms with Gasteiger partial charge in [0.05, 0.1) is 6.61 Å². The number of unbranched alkanes of at least 4 members (excludes halogenated alkanes) is 7. The maximum atomic E-state index is 5.75. The highest BCUT2D eigenvalue weighted by atomic mass is 16.7. The van der Waals surface area contributed by atoms with Crippen molar-refractivity contribution in [2.45, 2.75) is 64.9 Å². The molecule has 0 fully saturated rings. The van der Waals surface area contributed by atoms with Crippen molar-refractivity contribution < 1.29 is 18.9 Å². The van der Waals surface area contributed by atoms with E-state index < -0.39 is 0 Å². The van der Waals surface area contributed by atoms with Crippen molar-refractivity contribution in [3.63, 3.8) is 0 Å². The summed E-state index contributed by atoms with van der Waals surface area (Å²) < 4.78 is 21.8. The summed E-state index contributed by atoms with van der Waals surface area (Å²) >= 11 is 0. The van der Waals surface area contributed by atoms with Crippen LogP contribution < -0.4 is 9.47 Å². The minimum absolute atomic E-state index is 0.326. The summed E-state index contributed by atoms with van der Waals surface area (Å²) in [5, 5.41) is 0. The largest absolute Gasteiger partial charge is 0.454 e. The molecule has 24 heavy (non-hydrogen) atoms. The minimum atomic E-state index is 0.326. The quantitative estimate of drug-likeness (QED) is 0.443. The zero-order chi connectivity index (χ0) is 16.9. The van der Waals surface area contributed by atoms with Gasteiger partial charge in [0.15, 0.2) is 11.5 Å². The molecule has 0 aromatic heterocycles. The van der Waals surface area contributed by atoms with E-state index in [-0.39, 0.29) is 0 Å². The fourth-order valence-electron chi connectivity index (χ4n) is 2.83. The summed E-state index contributed by atoms with van der Waals surface area (Å²) in [6.45, 7) is 5.64. The zero-order valence-corrected chi connectivity index (χ0v) is 15.1. The van der Waals surface area contributed by atoms with Gasteiger partial charge in [-0.25, -0.2) is 0 Å². The molecule has 0 aliphatic carbocycles. The molecule has 0 spiro atoms. The first-order chi connectivity index (χ1) is 11.9. The van der Waals surface area contributed by atoms with E-state index in [0.29, 0.717) is 13.4 Å². The van der Waals surface area contributed by atoms with Crippen LogP contribution in [0.5, 0.6) is 11.5 Å². The molecule has 4 heteroatoms. The Balaban J connectivity index is 1.37. The highest BCUT2D eigenvalue weighted by Crippen LogP contribution is 2.32. The Bertz CT molecular complexity index is 447. The van der Waals surface area contributed by atoms with E-state index in [4.69, 9.17) is 18.9 Å². The van der Waals surface area contributed by atoms with Gasteiger partial charge in [-0.3, -0.25) is 0 Å². The van der Waals surface area contributed by atoms with Gasteiger partial charge in [-0.2, -0.15) is 0 Å². The van der Waals surface area contributed by atoms with E-state index in [9.17, 15) is 0 Å². The van der Waals surface area contributed by atoms with E-state index in [2.05, 4.69) is 6.92 Å². The normalized spacial score (nSPS) is 12.7. The molecule has 1 aliphatic rings. The van der Waals surface area contributed by atoms with Gasteiger partial charge in [-0.1, -0.05) is 44.6 Å². The molecule has 2 rings (SSSR count). The number of hydrogen-bond donors (Lipinski definition) is 0. The van der Waals surface area contributed by atoms with Crippen LogP contribution in [0.25, 0.3) is 0 Å². The highest BCUT2D eigenvalue weighted by Gasteiger charge is 2.12. The topological polar surface area (TPSA) is 36.9 Å². The summed E-state index contributed by atoms with van der Waals surface area (Å²) in [5.74, 6) is 1.66. The van der Waals surface area contributed by atoms with E-state index in [1.807, 2.05) is 18.2 Å². The van der Waals surface area contributed by atoms with E-state index >= 15 is 0 Å². The van der Waals surface area contributed by atoms with E-state index in [0.717, 1.165) is 43.3 Å². The molecular formula is C20H32O4. The SMILES string of the molecule is CCOCCCCCCCCCCOCc1ccc2c(c1)OCO2. The average Bonchev–Trinajstić information content (AvgIpc) is 3.07. The maximum Gasteiger partial charge on any atom is 0.231 e.